The smallest absolute Gasteiger partial charge is 0.278 e. The quantitative estimate of drug-likeness (QED) is 0.450. The standard InChI is InChI=1S/C25H29N5O3S/c1-12-8-14(3)20(15(4)9-12)27-23(32)17(6)34-25-28-24(33)22(29-30-25)19-11-13(2)10-16(5)21(19)26-18(7)31/h8-11,17H,1-7H3,(H,26,31)(H,27,32)(H,28,30,33)/t17-/m1/s1. The number of aromatic amines is 1. The van der Waals surface area contributed by atoms with Crippen molar-refractivity contribution in [2.45, 2.75) is 58.9 Å². The number of anilines is 2. The molecule has 1 atom stereocenters. The summed E-state index contributed by atoms with van der Waals surface area (Å²) in [5, 5.41) is 13.7. The van der Waals surface area contributed by atoms with Gasteiger partial charge < -0.3 is 10.6 Å². The molecule has 0 aliphatic heterocycles. The summed E-state index contributed by atoms with van der Waals surface area (Å²) in [6.45, 7) is 12.8. The van der Waals surface area contributed by atoms with Gasteiger partial charge >= 0.3 is 0 Å². The van der Waals surface area contributed by atoms with Crippen molar-refractivity contribution < 1.29 is 9.59 Å². The average molecular weight is 480 g/mol. The molecule has 1 aromatic heterocycles. The average Bonchev–Trinajstić information content (AvgIpc) is 2.72. The van der Waals surface area contributed by atoms with Crippen LogP contribution in [-0.4, -0.2) is 32.2 Å². The first kappa shape index (κ1) is 25.2. The van der Waals surface area contributed by atoms with E-state index in [0.29, 0.717) is 11.3 Å². The highest BCUT2D eigenvalue weighted by Gasteiger charge is 2.20. The van der Waals surface area contributed by atoms with Crippen molar-refractivity contribution in [2.24, 2.45) is 0 Å². The van der Waals surface area contributed by atoms with Crippen molar-refractivity contribution in [3.05, 3.63) is 62.4 Å². The molecule has 34 heavy (non-hydrogen) atoms. The minimum atomic E-state index is -0.521. The van der Waals surface area contributed by atoms with Gasteiger partial charge in [0.15, 0.2) is 10.9 Å². The van der Waals surface area contributed by atoms with Gasteiger partial charge in [0, 0.05) is 18.2 Å². The van der Waals surface area contributed by atoms with Gasteiger partial charge in [0.25, 0.3) is 5.56 Å². The highest BCUT2D eigenvalue weighted by Crippen LogP contribution is 2.30. The number of carbonyl (C=O) groups excluding carboxylic acids is 2. The Kier molecular flexibility index (Phi) is 7.56. The predicted molar refractivity (Wildman–Crippen MR) is 136 cm³/mol. The number of benzene rings is 2. The summed E-state index contributed by atoms with van der Waals surface area (Å²) in [7, 11) is 0. The summed E-state index contributed by atoms with van der Waals surface area (Å²) in [5.74, 6) is -0.447. The molecule has 0 unspecified atom stereocenters. The summed E-state index contributed by atoms with van der Waals surface area (Å²) in [4.78, 5) is 40.1. The van der Waals surface area contributed by atoms with Crippen LogP contribution in [0.5, 0.6) is 0 Å². The third-order valence-corrected chi connectivity index (χ3v) is 6.27. The van der Waals surface area contributed by atoms with Crippen LogP contribution >= 0.6 is 11.8 Å². The van der Waals surface area contributed by atoms with Crippen molar-refractivity contribution in [3.8, 4) is 11.3 Å². The van der Waals surface area contributed by atoms with E-state index in [4.69, 9.17) is 0 Å². The Labute approximate surface area is 203 Å². The third-order valence-electron chi connectivity index (χ3n) is 5.30. The Balaban J connectivity index is 1.83. The number of amides is 2. The zero-order chi connectivity index (χ0) is 25.2. The number of nitrogens with zero attached hydrogens (tertiary/aromatic N) is 2. The molecule has 0 bridgehead atoms. The molecule has 3 N–H and O–H groups in total. The van der Waals surface area contributed by atoms with Crippen molar-refractivity contribution >= 4 is 35.0 Å². The minimum absolute atomic E-state index is 0.0999. The number of aromatic nitrogens is 3. The van der Waals surface area contributed by atoms with Gasteiger partial charge in [-0.05, 0) is 64.3 Å². The second-order valence-corrected chi connectivity index (χ2v) is 9.85. The van der Waals surface area contributed by atoms with E-state index in [1.807, 2.05) is 52.8 Å². The molecule has 0 fully saturated rings. The fraction of sp³-hybridized carbons (Fsp3) is 0.320. The lowest BCUT2D eigenvalue weighted by molar-refractivity contribution is -0.115. The molecule has 0 saturated heterocycles. The SMILES string of the molecule is CC(=O)Nc1c(C)cc(C)cc1-c1nnc(S[C@H](C)C(=O)Nc2c(C)cc(C)cc2C)[nH]c1=O. The number of carbonyl (C=O) groups is 2. The third kappa shape index (κ3) is 5.72. The summed E-state index contributed by atoms with van der Waals surface area (Å²) in [5.41, 5.74) is 6.31. The Morgan fingerprint density at radius 2 is 1.44 bits per heavy atom. The fourth-order valence-electron chi connectivity index (χ4n) is 3.87. The van der Waals surface area contributed by atoms with Gasteiger partial charge in [-0.2, -0.15) is 0 Å². The van der Waals surface area contributed by atoms with Gasteiger partial charge in [-0.25, -0.2) is 0 Å². The van der Waals surface area contributed by atoms with Crippen LogP contribution in [0, 0.1) is 34.6 Å². The van der Waals surface area contributed by atoms with Gasteiger partial charge in [0.2, 0.25) is 11.8 Å². The van der Waals surface area contributed by atoms with Gasteiger partial charge in [0.05, 0.1) is 10.9 Å². The van der Waals surface area contributed by atoms with Crippen LogP contribution in [0.3, 0.4) is 0 Å². The first-order valence-electron chi connectivity index (χ1n) is 10.9. The predicted octanol–water partition coefficient (Wildman–Crippen LogP) is 4.45. The number of hydrogen-bond donors (Lipinski definition) is 3. The molecule has 0 spiro atoms. The summed E-state index contributed by atoms with van der Waals surface area (Å²) >= 11 is 1.11. The largest absolute Gasteiger partial charge is 0.325 e. The zero-order valence-electron chi connectivity index (χ0n) is 20.4. The van der Waals surface area contributed by atoms with Crippen LogP contribution in [0.4, 0.5) is 11.4 Å². The van der Waals surface area contributed by atoms with Gasteiger partial charge in [-0.15, -0.1) is 10.2 Å². The second kappa shape index (κ2) is 10.2. The molecule has 9 heteroatoms. The number of nitrogens with one attached hydrogen (secondary N) is 3. The lowest BCUT2D eigenvalue weighted by Crippen LogP contribution is -2.24. The normalized spacial score (nSPS) is 11.7. The number of H-pyrrole nitrogens is 1. The van der Waals surface area contributed by atoms with Crippen LogP contribution in [0.15, 0.2) is 34.2 Å². The molecule has 2 aromatic carbocycles. The number of hydrogen-bond acceptors (Lipinski definition) is 6. The van der Waals surface area contributed by atoms with E-state index in [-0.39, 0.29) is 22.7 Å². The highest BCUT2D eigenvalue weighted by atomic mass is 32.2. The lowest BCUT2D eigenvalue weighted by Gasteiger charge is -2.16. The summed E-state index contributed by atoms with van der Waals surface area (Å²) in [6, 6.07) is 7.74. The van der Waals surface area contributed by atoms with Crippen molar-refractivity contribution in [3.63, 3.8) is 0 Å². The summed E-state index contributed by atoms with van der Waals surface area (Å²) < 4.78 is 0. The van der Waals surface area contributed by atoms with E-state index in [1.54, 1.807) is 13.0 Å². The molecule has 3 aromatic rings. The number of thioether (sulfide) groups is 1. The molecule has 0 radical (unpaired) electrons. The van der Waals surface area contributed by atoms with E-state index >= 15 is 0 Å². The first-order chi connectivity index (χ1) is 16.0. The Hall–Kier alpha value is -3.46. The van der Waals surface area contributed by atoms with Crippen molar-refractivity contribution in [2.75, 3.05) is 10.6 Å². The lowest BCUT2D eigenvalue weighted by atomic mass is 10.0. The number of rotatable bonds is 6. The second-order valence-electron chi connectivity index (χ2n) is 8.52. The molecule has 0 aliphatic rings. The van der Waals surface area contributed by atoms with Crippen LogP contribution in [0.25, 0.3) is 11.3 Å². The molecular formula is C25H29N5O3S. The van der Waals surface area contributed by atoms with Gasteiger partial charge in [-0.1, -0.05) is 41.1 Å². The van der Waals surface area contributed by atoms with E-state index in [2.05, 4.69) is 25.8 Å². The van der Waals surface area contributed by atoms with E-state index in [1.165, 1.54) is 6.92 Å². The molecule has 3 rings (SSSR count). The maximum atomic E-state index is 12.9. The fourth-order valence-corrected chi connectivity index (χ4v) is 4.61. The van der Waals surface area contributed by atoms with Gasteiger partial charge in [0.1, 0.15) is 0 Å². The van der Waals surface area contributed by atoms with Crippen LogP contribution in [0.2, 0.25) is 0 Å². The monoisotopic (exact) mass is 479 g/mol. The maximum Gasteiger partial charge on any atom is 0.278 e. The molecular weight excluding hydrogens is 450 g/mol. The number of aryl methyl sites for hydroxylation is 5. The topological polar surface area (TPSA) is 117 Å². The Morgan fingerprint density at radius 3 is 2.00 bits per heavy atom. The van der Waals surface area contributed by atoms with Crippen LogP contribution < -0.4 is 16.2 Å². The van der Waals surface area contributed by atoms with E-state index in [0.717, 1.165) is 45.3 Å². The minimum Gasteiger partial charge on any atom is -0.325 e. The van der Waals surface area contributed by atoms with Gasteiger partial charge in [-0.3, -0.25) is 19.4 Å². The van der Waals surface area contributed by atoms with Crippen molar-refractivity contribution in [1.29, 1.82) is 0 Å². The van der Waals surface area contributed by atoms with Crippen LogP contribution in [0.1, 0.15) is 41.7 Å². The zero-order valence-corrected chi connectivity index (χ0v) is 21.2. The molecule has 178 valence electrons. The Morgan fingerprint density at radius 1 is 0.882 bits per heavy atom. The first-order valence-corrected chi connectivity index (χ1v) is 11.8. The maximum absolute atomic E-state index is 12.9. The highest BCUT2D eigenvalue weighted by molar-refractivity contribution is 8.00. The van der Waals surface area contributed by atoms with Crippen molar-refractivity contribution in [1.82, 2.24) is 15.2 Å². The molecule has 1 heterocycles. The molecule has 0 saturated carbocycles. The van der Waals surface area contributed by atoms with Crippen LogP contribution in [-0.2, 0) is 9.59 Å². The van der Waals surface area contributed by atoms with E-state index < -0.39 is 10.8 Å². The Bertz CT molecular complexity index is 1310. The molecule has 8 nitrogen and oxygen atoms in total. The molecule has 2 amide bonds. The van der Waals surface area contributed by atoms with E-state index in [9.17, 15) is 14.4 Å². The molecule has 0 aliphatic carbocycles. The summed E-state index contributed by atoms with van der Waals surface area (Å²) in [6.07, 6.45) is 0.